The highest BCUT2D eigenvalue weighted by Crippen LogP contribution is 2.32. The largest absolute Gasteiger partial charge is 0.279 e. The molecule has 0 atom stereocenters. The van der Waals surface area contributed by atoms with E-state index in [0.717, 1.165) is 37.2 Å². The first-order chi connectivity index (χ1) is 14.7. The number of aromatic nitrogens is 1. The van der Waals surface area contributed by atoms with Gasteiger partial charge in [0, 0.05) is 5.56 Å². The number of amides is 1. The molecule has 146 valence electrons. The molecule has 0 fully saturated rings. The molecule has 1 aromatic heterocycles. The zero-order chi connectivity index (χ0) is 20.5. The highest BCUT2D eigenvalue weighted by atomic mass is 32.1. The highest BCUT2D eigenvalue weighted by Gasteiger charge is 2.22. The summed E-state index contributed by atoms with van der Waals surface area (Å²) in [7, 11) is 0. The molecule has 0 N–H and O–H groups in total. The van der Waals surface area contributed by atoms with Crippen molar-refractivity contribution in [1.29, 1.82) is 0 Å². The second-order valence-electron chi connectivity index (χ2n) is 7.36. The summed E-state index contributed by atoms with van der Waals surface area (Å²) in [6, 6.07) is 30.2. The molecule has 0 saturated carbocycles. The second kappa shape index (κ2) is 7.73. The number of rotatable bonds is 4. The van der Waals surface area contributed by atoms with Gasteiger partial charge >= 0.3 is 0 Å². The van der Waals surface area contributed by atoms with Crippen molar-refractivity contribution in [2.45, 2.75) is 13.5 Å². The molecule has 0 aliphatic rings. The molecule has 0 aliphatic heterocycles. The van der Waals surface area contributed by atoms with Crippen molar-refractivity contribution in [1.82, 2.24) is 4.98 Å². The Labute approximate surface area is 179 Å². The lowest BCUT2D eigenvalue weighted by Crippen LogP contribution is -2.30. The summed E-state index contributed by atoms with van der Waals surface area (Å²) in [4.78, 5) is 20.3. The normalized spacial score (nSPS) is 11.1. The molecule has 4 heteroatoms. The molecule has 1 amide bonds. The molecule has 3 nitrogen and oxygen atoms in total. The summed E-state index contributed by atoms with van der Waals surface area (Å²) in [5.41, 5.74) is 3.82. The molecule has 0 aliphatic carbocycles. The average molecular weight is 409 g/mol. The number of benzene rings is 4. The molecular formula is C26H20N2OS. The summed E-state index contributed by atoms with van der Waals surface area (Å²) >= 11 is 1.56. The maximum absolute atomic E-state index is 13.6. The third-order valence-electron chi connectivity index (χ3n) is 5.27. The predicted molar refractivity (Wildman–Crippen MR) is 125 cm³/mol. The molecule has 0 saturated heterocycles. The lowest BCUT2D eigenvalue weighted by molar-refractivity contribution is 0.0985. The van der Waals surface area contributed by atoms with Gasteiger partial charge in [-0.05, 0) is 47.0 Å². The average Bonchev–Trinajstić information content (AvgIpc) is 3.23. The van der Waals surface area contributed by atoms with Gasteiger partial charge in [0.1, 0.15) is 0 Å². The Morgan fingerprint density at radius 2 is 1.63 bits per heavy atom. The molecule has 5 rings (SSSR count). The first-order valence-electron chi connectivity index (χ1n) is 9.90. The lowest BCUT2D eigenvalue weighted by atomic mass is 10.1. The summed E-state index contributed by atoms with van der Waals surface area (Å²) in [6.45, 7) is 2.53. The number of hydrogen-bond donors (Lipinski definition) is 0. The van der Waals surface area contributed by atoms with Gasteiger partial charge in [-0.2, -0.15) is 0 Å². The Balaban J connectivity index is 1.60. The monoisotopic (exact) mass is 408 g/mol. The van der Waals surface area contributed by atoms with Crippen molar-refractivity contribution < 1.29 is 4.79 Å². The van der Waals surface area contributed by atoms with Crippen LogP contribution in [0.25, 0.3) is 21.0 Å². The SMILES string of the molecule is Cc1cccc2sc(N(Cc3ccccc3)C(=O)c3ccc4ccccc4c3)nc12. The van der Waals surface area contributed by atoms with Gasteiger partial charge in [0.05, 0.1) is 16.8 Å². The van der Waals surface area contributed by atoms with Gasteiger partial charge in [0.2, 0.25) is 0 Å². The summed E-state index contributed by atoms with van der Waals surface area (Å²) < 4.78 is 1.09. The number of carbonyl (C=O) groups is 1. The Kier molecular flexibility index (Phi) is 4.77. The fraction of sp³-hybridized carbons (Fsp3) is 0.0769. The molecule has 0 radical (unpaired) electrons. The second-order valence-corrected chi connectivity index (χ2v) is 8.37. The van der Waals surface area contributed by atoms with Crippen molar-refractivity contribution in [2.75, 3.05) is 4.90 Å². The maximum atomic E-state index is 13.6. The molecule has 0 unspecified atom stereocenters. The van der Waals surface area contributed by atoms with Gasteiger partial charge in [-0.3, -0.25) is 9.69 Å². The van der Waals surface area contributed by atoms with E-state index >= 15 is 0 Å². The van der Waals surface area contributed by atoms with Crippen molar-refractivity contribution in [3.05, 3.63) is 108 Å². The van der Waals surface area contributed by atoms with Gasteiger partial charge in [0.25, 0.3) is 5.91 Å². The van der Waals surface area contributed by atoms with E-state index < -0.39 is 0 Å². The zero-order valence-corrected chi connectivity index (χ0v) is 17.4. The predicted octanol–water partition coefficient (Wildman–Crippen LogP) is 6.60. The van der Waals surface area contributed by atoms with Crippen molar-refractivity contribution in [2.24, 2.45) is 0 Å². The summed E-state index contributed by atoms with van der Waals surface area (Å²) in [5.74, 6) is -0.0404. The minimum atomic E-state index is -0.0404. The van der Waals surface area contributed by atoms with Gasteiger partial charge in [-0.25, -0.2) is 4.98 Å². The van der Waals surface area contributed by atoms with E-state index in [4.69, 9.17) is 4.98 Å². The third-order valence-corrected chi connectivity index (χ3v) is 6.31. The number of thiazole rings is 1. The molecule has 0 spiro atoms. The number of aryl methyl sites for hydroxylation is 1. The van der Waals surface area contributed by atoms with Crippen LogP contribution in [-0.4, -0.2) is 10.9 Å². The quantitative estimate of drug-likeness (QED) is 0.335. The van der Waals surface area contributed by atoms with Crippen LogP contribution in [0.15, 0.2) is 91.0 Å². The van der Waals surface area contributed by atoms with Crippen LogP contribution in [0.3, 0.4) is 0 Å². The van der Waals surface area contributed by atoms with E-state index in [0.29, 0.717) is 12.1 Å². The van der Waals surface area contributed by atoms with E-state index in [-0.39, 0.29) is 5.91 Å². The molecule has 30 heavy (non-hydrogen) atoms. The van der Waals surface area contributed by atoms with Gasteiger partial charge in [-0.15, -0.1) is 0 Å². The molecule has 1 heterocycles. The van der Waals surface area contributed by atoms with E-state index in [1.165, 1.54) is 0 Å². The zero-order valence-electron chi connectivity index (χ0n) is 16.6. The van der Waals surface area contributed by atoms with E-state index in [1.54, 1.807) is 16.2 Å². The minimum absolute atomic E-state index is 0.0404. The smallest absolute Gasteiger partial charge is 0.260 e. The van der Waals surface area contributed by atoms with E-state index in [9.17, 15) is 4.79 Å². The van der Waals surface area contributed by atoms with Gasteiger partial charge < -0.3 is 0 Å². The fourth-order valence-electron chi connectivity index (χ4n) is 3.66. The number of hydrogen-bond acceptors (Lipinski definition) is 3. The Morgan fingerprint density at radius 3 is 2.43 bits per heavy atom. The van der Waals surface area contributed by atoms with Crippen LogP contribution in [-0.2, 0) is 6.54 Å². The van der Waals surface area contributed by atoms with Crippen LogP contribution in [0, 0.1) is 6.92 Å². The molecule has 4 aromatic carbocycles. The van der Waals surface area contributed by atoms with Crippen LogP contribution in [0.1, 0.15) is 21.5 Å². The fourth-order valence-corrected chi connectivity index (χ4v) is 4.70. The maximum Gasteiger partial charge on any atom is 0.260 e. The van der Waals surface area contributed by atoms with E-state index in [1.807, 2.05) is 72.8 Å². The number of fused-ring (bicyclic) bond motifs is 2. The topological polar surface area (TPSA) is 33.2 Å². The Bertz CT molecular complexity index is 1360. The Hall–Kier alpha value is -3.50. The Morgan fingerprint density at radius 1 is 0.867 bits per heavy atom. The number of anilines is 1. The summed E-state index contributed by atoms with van der Waals surface area (Å²) in [5, 5.41) is 2.91. The minimum Gasteiger partial charge on any atom is -0.279 e. The number of nitrogens with zero attached hydrogens (tertiary/aromatic N) is 2. The lowest BCUT2D eigenvalue weighted by Gasteiger charge is -2.20. The van der Waals surface area contributed by atoms with Gasteiger partial charge in [-0.1, -0.05) is 84.1 Å². The molecule has 0 bridgehead atoms. The third kappa shape index (κ3) is 3.46. The number of carbonyl (C=O) groups excluding carboxylic acids is 1. The van der Waals surface area contributed by atoms with E-state index in [2.05, 4.69) is 25.1 Å². The van der Waals surface area contributed by atoms with Crippen molar-refractivity contribution in [3.63, 3.8) is 0 Å². The molecular weight excluding hydrogens is 388 g/mol. The highest BCUT2D eigenvalue weighted by molar-refractivity contribution is 7.22. The standard InChI is InChI=1S/C26H20N2OS/c1-18-8-7-13-23-24(18)27-26(30-23)28(17-19-9-3-2-4-10-19)25(29)22-15-14-20-11-5-6-12-21(20)16-22/h2-16H,17H2,1H3. The van der Waals surface area contributed by atoms with Crippen molar-refractivity contribution in [3.8, 4) is 0 Å². The number of para-hydroxylation sites is 1. The van der Waals surface area contributed by atoms with Gasteiger partial charge in [0.15, 0.2) is 5.13 Å². The first-order valence-corrected chi connectivity index (χ1v) is 10.7. The van der Waals surface area contributed by atoms with Crippen LogP contribution in [0.5, 0.6) is 0 Å². The van der Waals surface area contributed by atoms with Crippen LogP contribution >= 0.6 is 11.3 Å². The first kappa shape index (κ1) is 18.5. The van der Waals surface area contributed by atoms with Crippen LogP contribution < -0.4 is 4.90 Å². The van der Waals surface area contributed by atoms with Crippen LogP contribution in [0.4, 0.5) is 5.13 Å². The van der Waals surface area contributed by atoms with Crippen molar-refractivity contribution >= 4 is 43.4 Å². The van der Waals surface area contributed by atoms with Crippen LogP contribution in [0.2, 0.25) is 0 Å². The summed E-state index contributed by atoms with van der Waals surface area (Å²) in [6.07, 6.45) is 0. The molecule has 5 aromatic rings.